The number of ether oxygens (including phenoxy) is 1. The molecule has 3 heterocycles. The number of anilines is 1. The Bertz CT molecular complexity index is 3120. The molecule has 3 aliphatic heterocycles. The van der Waals surface area contributed by atoms with Crippen LogP contribution in [0.25, 0.3) is 16.7 Å². The van der Waals surface area contributed by atoms with Crippen molar-refractivity contribution in [2.75, 3.05) is 41.0 Å². The molecule has 0 amide bonds. The number of carboxylic acids is 2. The number of nitrogens with two attached hydrogens (primary N) is 2. The average Bonchev–Trinajstić information content (AvgIpc) is 3.09. The lowest BCUT2D eigenvalue weighted by molar-refractivity contribution is -0.255. The summed E-state index contributed by atoms with van der Waals surface area (Å²) in [6, 6.07) is 9.32. The molecule has 0 aromatic heterocycles. The Morgan fingerprint density at radius 1 is 0.758 bits per heavy atom. The third kappa shape index (κ3) is 10.1. The highest BCUT2D eigenvalue weighted by Gasteiger charge is 2.39. The second kappa shape index (κ2) is 16.0. The van der Waals surface area contributed by atoms with Crippen molar-refractivity contribution in [1.29, 1.82) is 0 Å². The molecule has 0 radical (unpaired) electrons. The van der Waals surface area contributed by atoms with Crippen LogP contribution in [0.5, 0.6) is 11.5 Å². The molecule has 3 aromatic rings. The van der Waals surface area contributed by atoms with E-state index in [4.69, 9.17) is 15.0 Å². The standard InChI is InChI=1S/C39H44N4O15S4/c1-38(2)18-23(20-61(52,53)54)26-14-29-33(16-31(26)42(38)9-5-11-59(40,48)49)58-34-17-32-27(15-30(34)35(29)25-8-7-22(36(44)45)13-28(25)37(46)47)24(21-62(55,56)57)19-39(3,4)43(32)10-6-12-60(41,50)51/h7-8,13-19H,5-6,9-12,20-21H2,1-4H3,(H7-,40,41,44,45,46,47,48,49,50,51,52,53,54,55,56,57). The Hall–Kier alpha value is -5.01. The van der Waals surface area contributed by atoms with Crippen LogP contribution >= 0.6 is 0 Å². The number of rotatable bonds is 15. The van der Waals surface area contributed by atoms with E-state index in [1.165, 1.54) is 30.3 Å². The summed E-state index contributed by atoms with van der Waals surface area (Å²) in [5.74, 6) is -5.61. The SMILES string of the molecule is CC1(C)C=C(CS(=O)(=O)O)c2cc3c(cc2N1CCCS(N)(=O)=O)Oc1cc2c(cc1=C3c1ccc(C(=O)[O-])cc1C(=O)O)C(CS(=O)(=O)O)=CC(C)(C)[N+]=2CCCS(N)(=O)=O. The Morgan fingerprint density at radius 3 is 1.92 bits per heavy atom. The first-order chi connectivity index (χ1) is 28.3. The highest BCUT2D eigenvalue weighted by molar-refractivity contribution is 7.89. The van der Waals surface area contributed by atoms with Crippen molar-refractivity contribution in [2.45, 2.75) is 51.6 Å². The van der Waals surface area contributed by atoms with Crippen LogP contribution in [-0.4, -0.2) is 107 Å². The predicted molar refractivity (Wildman–Crippen MR) is 227 cm³/mol. The highest BCUT2D eigenvalue weighted by atomic mass is 32.2. The summed E-state index contributed by atoms with van der Waals surface area (Å²) in [4.78, 5) is 26.7. The van der Waals surface area contributed by atoms with Gasteiger partial charge in [0.1, 0.15) is 29.5 Å². The molecule has 334 valence electrons. The van der Waals surface area contributed by atoms with Crippen molar-refractivity contribution < 1.29 is 67.3 Å². The maximum absolute atomic E-state index is 12.9. The van der Waals surface area contributed by atoms with Gasteiger partial charge in [-0.05, 0) is 66.8 Å². The van der Waals surface area contributed by atoms with Crippen molar-refractivity contribution in [1.82, 2.24) is 4.58 Å². The minimum atomic E-state index is -4.68. The number of hydrogen-bond donors (Lipinski definition) is 5. The number of sulfonamides is 2. The summed E-state index contributed by atoms with van der Waals surface area (Å²) >= 11 is 0. The Balaban J connectivity index is 1.77. The quantitative estimate of drug-likeness (QED) is 0.0767. The van der Waals surface area contributed by atoms with Crippen LogP contribution in [0.1, 0.15) is 83.5 Å². The summed E-state index contributed by atoms with van der Waals surface area (Å²) in [6.07, 6.45) is 3.24. The van der Waals surface area contributed by atoms with Crippen molar-refractivity contribution >= 4 is 74.6 Å². The fourth-order valence-electron chi connectivity index (χ4n) is 8.36. The maximum atomic E-state index is 12.9. The molecule has 0 spiro atoms. The molecule has 0 unspecified atom stereocenters. The minimum Gasteiger partial charge on any atom is -0.545 e. The molecule has 0 aliphatic carbocycles. The van der Waals surface area contributed by atoms with Crippen molar-refractivity contribution in [3.8, 4) is 11.5 Å². The lowest BCUT2D eigenvalue weighted by atomic mass is 9.83. The van der Waals surface area contributed by atoms with E-state index >= 15 is 0 Å². The van der Waals surface area contributed by atoms with Gasteiger partial charge in [0.2, 0.25) is 25.4 Å². The molecular weight excluding hydrogens is 893 g/mol. The van der Waals surface area contributed by atoms with E-state index in [0.717, 1.165) is 12.1 Å². The number of carbonyl (C=O) groups is 2. The molecule has 62 heavy (non-hydrogen) atoms. The zero-order chi connectivity index (χ0) is 46.1. The normalized spacial score (nSPS) is 16.9. The third-order valence-electron chi connectivity index (χ3n) is 10.7. The van der Waals surface area contributed by atoms with Gasteiger partial charge in [-0.25, -0.2) is 36.5 Å². The van der Waals surface area contributed by atoms with Crippen molar-refractivity contribution in [3.05, 3.63) is 98.6 Å². The Kier molecular flexibility index (Phi) is 12.0. The Labute approximate surface area is 357 Å². The van der Waals surface area contributed by atoms with Crippen LogP contribution in [0, 0.1) is 0 Å². The summed E-state index contributed by atoms with van der Waals surface area (Å²) in [5, 5.41) is 33.5. The first-order valence-electron chi connectivity index (χ1n) is 18.8. The van der Waals surface area contributed by atoms with E-state index in [0.29, 0.717) is 11.0 Å². The topological polar surface area (TPSA) is 322 Å². The van der Waals surface area contributed by atoms with E-state index in [1.54, 1.807) is 49.3 Å². The van der Waals surface area contributed by atoms with E-state index in [2.05, 4.69) is 0 Å². The molecule has 3 aliphatic rings. The number of carbonyl (C=O) groups excluding carboxylic acids is 1. The number of carboxylic acid groups (broad SMARTS) is 2. The molecule has 23 heteroatoms. The first kappa shape index (κ1) is 46.5. The van der Waals surface area contributed by atoms with Gasteiger partial charge >= 0.3 is 5.97 Å². The first-order valence-corrected chi connectivity index (χ1v) is 25.4. The fourth-order valence-corrected chi connectivity index (χ4v) is 10.7. The molecule has 6 rings (SSSR count). The van der Waals surface area contributed by atoms with Gasteiger partial charge in [-0.2, -0.15) is 16.8 Å². The summed E-state index contributed by atoms with van der Waals surface area (Å²) in [7, 11) is -17.1. The van der Waals surface area contributed by atoms with Crippen LogP contribution in [-0.2, 0) is 40.3 Å². The maximum Gasteiger partial charge on any atom is 0.336 e. The number of primary sulfonamides is 2. The second-order valence-electron chi connectivity index (χ2n) is 16.4. The van der Waals surface area contributed by atoms with Gasteiger partial charge in [-0.15, -0.1) is 0 Å². The van der Waals surface area contributed by atoms with E-state index in [9.17, 15) is 62.6 Å². The molecule has 0 atom stereocenters. The zero-order valence-corrected chi connectivity index (χ0v) is 37.0. The lowest BCUT2D eigenvalue weighted by Crippen LogP contribution is -2.50. The van der Waals surface area contributed by atoms with Gasteiger partial charge in [0.05, 0.1) is 40.2 Å². The molecular formula is C39H44N4O15S4. The van der Waals surface area contributed by atoms with Crippen LogP contribution in [0.4, 0.5) is 5.69 Å². The van der Waals surface area contributed by atoms with Gasteiger partial charge in [0, 0.05) is 60.5 Å². The molecule has 0 saturated heterocycles. The molecule has 7 N–H and O–H groups in total. The van der Waals surface area contributed by atoms with Crippen LogP contribution in [0.3, 0.4) is 0 Å². The number of benzene rings is 3. The van der Waals surface area contributed by atoms with Gasteiger partial charge in [0.25, 0.3) is 20.2 Å². The van der Waals surface area contributed by atoms with Crippen LogP contribution < -0.4 is 40.2 Å². The second-order valence-corrected chi connectivity index (χ2v) is 22.8. The summed E-state index contributed by atoms with van der Waals surface area (Å²) in [5.41, 5.74) is -1.79. The van der Waals surface area contributed by atoms with Gasteiger partial charge in [-0.3, -0.25) is 9.11 Å². The van der Waals surface area contributed by atoms with E-state index in [1.807, 2.05) is 0 Å². The van der Waals surface area contributed by atoms with Gasteiger partial charge < -0.3 is 24.6 Å². The molecule has 19 nitrogen and oxygen atoms in total. The number of hydrogen-bond acceptors (Lipinski definition) is 13. The largest absolute Gasteiger partial charge is 0.545 e. The van der Waals surface area contributed by atoms with Crippen molar-refractivity contribution in [2.24, 2.45) is 10.3 Å². The number of aromatic carboxylic acids is 2. The summed E-state index contributed by atoms with van der Waals surface area (Å²) < 4.78 is 126. The average molecular weight is 937 g/mol. The van der Waals surface area contributed by atoms with Crippen molar-refractivity contribution in [3.63, 3.8) is 0 Å². The highest BCUT2D eigenvalue weighted by Crippen LogP contribution is 2.47. The monoisotopic (exact) mass is 936 g/mol. The molecule has 0 bridgehead atoms. The molecule has 0 fully saturated rings. The smallest absolute Gasteiger partial charge is 0.336 e. The van der Waals surface area contributed by atoms with E-state index < -0.39 is 97.4 Å². The molecule has 0 saturated carbocycles. The lowest BCUT2D eigenvalue weighted by Gasteiger charge is -2.44. The van der Waals surface area contributed by atoms with Gasteiger partial charge in [0.15, 0.2) is 5.54 Å². The number of nitrogens with zero attached hydrogens (tertiary/aromatic N) is 2. The third-order valence-corrected chi connectivity index (χ3v) is 13.8. The predicted octanol–water partition coefficient (Wildman–Crippen LogP) is -0.117. The van der Waals surface area contributed by atoms with Gasteiger partial charge in [-0.1, -0.05) is 18.2 Å². The minimum absolute atomic E-state index is 0.0384. The zero-order valence-electron chi connectivity index (χ0n) is 33.8. The van der Waals surface area contributed by atoms with Crippen LogP contribution in [0.15, 0.2) is 54.6 Å². The fraction of sp³-hybridized carbons (Fsp3) is 0.359. The number of fused-ring (bicyclic) bond motifs is 4. The summed E-state index contributed by atoms with van der Waals surface area (Å²) in [6.45, 7) is 7.09. The van der Waals surface area contributed by atoms with Crippen LogP contribution in [0.2, 0.25) is 0 Å². The van der Waals surface area contributed by atoms with E-state index in [-0.39, 0.29) is 81.6 Å². The Morgan fingerprint density at radius 2 is 1.35 bits per heavy atom. The molecule has 3 aromatic carbocycles.